The lowest BCUT2D eigenvalue weighted by molar-refractivity contribution is -0.0387. The van der Waals surface area contributed by atoms with E-state index < -0.39 is 0 Å². The van der Waals surface area contributed by atoms with Gasteiger partial charge in [-0.15, -0.1) is 0 Å². The number of pyridine rings is 1. The lowest BCUT2D eigenvalue weighted by atomic mass is 10.1. The van der Waals surface area contributed by atoms with Crippen LogP contribution in [0, 0.1) is 0 Å². The van der Waals surface area contributed by atoms with Gasteiger partial charge in [0.25, 0.3) is 5.91 Å². The van der Waals surface area contributed by atoms with Gasteiger partial charge >= 0.3 is 0 Å². The van der Waals surface area contributed by atoms with E-state index >= 15 is 0 Å². The highest BCUT2D eigenvalue weighted by Gasteiger charge is 2.28. The molecule has 1 saturated heterocycles. The number of ether oxygens (including phenoxy) is 1. The molecule has 92 valence electrons. The zero-order chi connectivity index (χ0) is 12.4. The van der Waals surface area contributed by atoms with Gasteiger partial charge in [0.1, 0.15) is 0 Å². The third kappa shape index (κ3) is 2.84. The van der Waals surface area contributed by atoms with Crippen LogP contribution >= 0.6 is 15.9 Å². The molecule has 2 atom stereocenters. The Morgan fingerprint density at radius 1 is 1.53 bits per heavy atom. The van der Waals surface area contributed by atoms with Crippen LogP contribution in [0.5, 0.6) is 0 Å². The number of carbonyl (C=O) groups excluding carboxylic acids is 1. The molecule has 1 fully saturated rings. The van der Waals surface area contributed by atoms with Gasteiger partial charge in [-0.25, -0.2) is 0 Å². The minimum Gasteiger partial charge on any atom is -0.375 e. The summed E-state index contributed by atoms with van der Waals surface area (Å²) in [4.78, 5) is 18.2. The topological polar surface area (TPSA) is 42.4 Å². The Bertz CT molecular complexity index is 425. The minimum atomic E-state index is 0.0152. The zero-order valence-electron chi connectivity index (χ0n) is 9.89. The van der Waals surface area contributed by atoms with Crippen LogP contribution in [0.4, 0.5) is 0 Å². The number of hydrogen-bond acceptors (Lipinski definition) is 3. The first-order valence-corrected chi connectivity index (χ1v) is 6.40. The van der Waals surface area contributed by atoms with Gasteiger partial charge < -0.3 is 9.64 Å². The van der Waals surface area contributed by atoms with Crippen LogP contribution in [-0.4, -0.2) is 41.1 Å². The van der Waals surface area contributed by atoms with Crippen LogP contribution < -0.4 is 0 Å². The molecule has 1 aromatic heterocycles. The van der Waals surface area contributed by atoms with Gasteiger partial charge in [0, 0.05) is 23.4 Å². The van der Waals surface area contributed by atoms with Gasteiger partial charge in [0.15, 0.2) is 0 Å². The summed E-state index contributed by atoms with van der Waals surface area (Å²) in [6.45, 7) is 5.20. The Balaban J connectivity index is 2.18. The first-order chi connectivity index (χ1) is 8.08. The van der Waals surface area contributed by atoms with Crippen LogP contribution in [0.25, 0.3) is 0 Å². The second kappa shape index (κ2) is 5.14. The van der Waals surface area contributed by atoms with Crippen LogP contribution in [0.1, 0.15) is 24.2 Å². The molecule has 0 aromatic carbocycles. The highest BCUT2D eigenvalue weighted by Crippen LogP contribution is 2.17. The fourth-order valence-corrected chi connectivity index (χ4v) is 2.25. The van der Waals surface area contributed by atoms with E-state index in [4.69, 9.17) is 4.74 Å². The third-order valence-corrected chi connectivity index (χ3v) is 3.25. The molecule has 0 spiro atoms. The van der Waals surface area contributed by atoms with Crippen molar-refractivity contribution in [3.63, 3.8) is 0 Å². The maximum Gasteiger partial charge on any atom is 0.255 e. The van der Waals surface area contributed by atoms with Gasteiger partial charge in [-0.05, 0) is 35.8 Å². The molecule has 4 nitrogen and oxygen atoms in total. The molecule has 1 aromatic rings. The summed E-state index contributed by atoms with van der Waals surface area (Å²) < 4.78 is 6.33. The highest BCUT2D eigenvalue weighted by atomic mass is 79.9. The van der Waals surface area contributed by atoms with Gasteiger partial charge in [-0.1, -0.05) is 0 Å². The molecule has 0 bridgehead atoms. The zero-order valence-corrected chi connectivity index (χ0v) is 11.5. The van der Waals surface area contributed by atoms with Crippen molar-refractivity contribution in [2.75, 3.05) is 13.2 Å². The summed E-state index contributed by atoms with van der Waals surface area (Å²) >= 11 is 3.32. The lowest BCUT2D eigenvalue weighted by Gasteiger charge is -2.36. The number of hydrogen-bond donors (Lipinski definition) is 0. The van der Waals surface area contributed by atoms with Gasteiger partial charge in [0.2, 0.25) is 0 Å². The van der Waals surface area contributed by atoms with Crippen molar-refractivity contribution in [3.8, 4) is 0 Å². The Morgan fingerprint density at radius 2 is 2.29 bits per heavy atom. The Labute approximate surface area is 109 Å². The van der Waals surface area contributed by atoms with E-state index in [0.29, 0.717) is 18.7 Å². The molecule has 0 saturated carbocycles. The summed E-state index contributed by atoms with van der Waals surface area (Å²) in [7, 11) is 0. The van der Waals surface area contributed by atoms with E-state index in [1.807, 2.05) is 18.7 Å². The molecule has 0 N–H and O–H groups in total. The normalized spacial score (nSPS) is 24.8. The summed E-state index contributed by atoms with van der Waals surface area (Å²) in [6, 6.07) is 1.90. The number of aromatic nitrogens is 1. The van der Waals surface area contributed by atoms with Gasteiger partial charge in [0.05, 0.1) is 24.3 Å². The molecule has 0 unspecified atom stereocenters. The average Bonchev–Trinajstić information content (AvgIpc) is 2.31. The van der Waals surface area contributed by atoms with E-state index in [2.05, 4.69) is 20.9 Å². The first kappa shape index (κ1) is 12.5. The van der Waals surface area contributed by atoms with Gasteiger partial charge in [-0.3, -0.25) is 9.78 Å². The summed E-state index contributed by atoms with van der Waals surface area (Å²) in [6.07, 6.45) is 3.36. The molecular formula is C12H15BrN2O2. The number of carbonyl (C=O) groups is 1. The molecule has 5 heteroatoms. The van der Waals surface area contributed by atoms with Gasteiger partial charge in [-0.2, -0.15) is 0 Å². The molecular weight excluding hydrogens is 284 g/mol. The standard InChI is InChI=1S/C12H15BrN2O2/c1-8-7-17-9(2)6-15(8)12(16)10-3-11(13)5-14-4-10/h3-5,8-9H,6-7H2,1-2H3/t8-,9-/m1/s1. The van der Waals surface area contributed by atoms with E-state index in [9.17, 15) is 4.79 Å². The smallest absolute Gasteiger partial charge is 0.255 e. The SMILES string of the molecule is C[C@@H]1CN(C(=O)c2cncc(Br)c2)[C@H](C)CO1. The molecule has 0 aliphatic carbocycles. The third-order valence-electron chi connectivity index (χ3n) is 2.82. The van der Waals surface area contributed by atoms with Crippen LogP contribution in [0.15, 0.2) is 22.9 Å². The van der Waals surface area contributed by atoms with Crippen molar-refractivity contribution >= 4 is 21.8 Å². The summed E-state index contributed by atoms with van der Waals surface area (Å²) in [5, 5.41) is 0. The molecule has 17 heavy (non-hydrogen) atoms. The molecule has 2 rings (SSSR count). The van der Waals surface area contributed by atoms with Crippen molar-refractivity contribution in [1.82, 2.24) is 9.88 Å². The monoisotopic (exact) mass is 298 g/mol. The summed E-state index contributed by atoms with van der Waals surface area (Å²) in [5.74, 6) is 0.0152. The fraction of sp³-hybridized carbons (Fsp3) is 0.500. The van der Waals surface area contributed by atoms with Crippen LogP contribution in [-0.2, 0) is 4.74 Å². The average molecular weight is 299 g/mol. The van der Waals surface area contributed by atoms with Crippen molar-refractivity contribution in [1.29, 1.82) is 0 Å². The Morgan fingerprint density at radius 3 is 3.00 bits per heavy atom. The number of halogens is 1. The molecule has 1 aliphatic heterocycles. The predicted molar refractivity (Wildman–Crippen MR) is 67.8 cm³/mol. The highest BCUT2D eigenvalue weighted by molar-refractivity contribution is 9.10. The number of morpholine rings is 1. The maximum atomic E-state index is 12.3. The van der Waals surface area contributed by atoms with E-state index in [1.165, 1.54) is 0 Å². The summed E-state index contributed by atoms with van der Waals surface area (Å²) in [5.41, 5.74) is 0.611. The Hall–Kier alpha value is -0.940. The van der Waals surface area contributed by atoms with E-state index in [-0.39, 0.29) is 18.1 Å². The molecule has 1 amide bonds. The second-order valence-electron chi connectivity index (χ2n) is 4.34. The number of rotatable bonds is 1. The quantitative estimate of drug-likeness (QED) is 0.797. The van der Waals surface area contributed by atoms with Crippen molar-refractivity contribution in [3.05, 3.63) is 28.5 Å². The number of amides is 1. The molecule has 0 radical (unpaired) electrons. The van der Waals surface area contributed by atoms with Crippen molar-refractivity contribution in [2.45, 2.75) is 26.0 Å². The lowest BCUT2D eigenvalue weighted by Crippen LogP contribution is -2.50. The van der Waals surface area contributed by atoms with Crippen LogP contribution in [0.3, 0.4) is 0 Å². The van der Waals surface area contributed by atoms with E-state index in [0.717, 1.165) is 4.47 Å². The largest absolute Gasteiger partial charge is 0.375 e. The molecule has 1 aliphatic rings. The predicted octanol–water partition coefficient (Wildman–Crippen LogP) is 2.09. The van der Waals surface area contributed by atoms with Crippen molar-refractivity contribution < 1.29 is 9.53 Å². The molecule has 2 heterocycles. The maximum absolute atomic E-state index is 12.3. The Kier molecular flexibility index (Phi) is 3.79. The minimum absolute atomic E-state index is 0.0152. The fourth-order valence-electron chi connectivity index (χ4n) is 1.88. The van der Waals surface area contributed by atoms with E-state index in [1.54, 1.807) is 18.5 Å². The van der Waals surface area contributed by atoms with Crippen LogP contribution in [0.2, 0.25) is 0 Å². The van der Waals surface area contributed by atoms with Crippen molar-refractivity contribution in [2.24, 2.45) is 0 Å². The second-order valence-corrected chi connectivity index (χ2v) is 5.26. The first-order valence-electron chi connectivity index (χ1n) is 5.61. The number of nitrogens with zero attached hydrogens (tertiary/aromatic N) is 2.